The molecule has 7 nitrogen and oxygen atoms in total. The number of hydrogen-bond donors (Lipinski definition) is 2. The fourth-order valence-corrected chi connectivity index (χ4v) is 4.23. The van der Waals surface area contributed by atoms with Crippen molar-refractivity contribution < 1.29 is 13.2 Å². The molecule has 0 spiro atoms. The highest BCUT2D eigenvalue weighted by molar-refractivity contribution is 7.89. The quantitative estimate of drug-likeness (QED) is 0.686. The smallest absolute Gasteiger partial charge is 0.253 e. The fraction of sp³-hybridized carbons (Fsp3) is 0.611. The van der Waals surface area contributed by atoms with Crippen molar-refractivity contribution in [2.24, 2.45) is 5.92 Å². The Bertz CT molecular complexity index is 764. The van der Waals surface area contributed by atoms with Gasteiger partial charge in [0, 0.05) is 58.4 Å². The van der Waals surface area contributed by atoms with Gasteiger partial charge < -0.3 is 15.5 Å². The Morgan fingerprint density at radius 3 is 2.36 bits per heavy atom. The zero-order valence-corrected chi connectivity index (χ0v) is 18.8. The van der Waals surface area contributed by atoms with E-state index in [1.54, 1.807) is 12.1 Å². The van der Waals surface area contributed by atoms with E-state index in [0.717, 1.165) is 44.7 Å². The second-order valence-corrected chi connectivity index (χ2v) is 9.40. The van der Waals surface area contributed by atoms with Crippen LogP contribution < -0.4 is 15.5 Å². The molecule has 2 aliphatic rings. The summed E-state index contributed by atoms with van der Waals surface area (Å²) < 4.78 is 26.1. The minimum absolute atomic E-state index is 0. The van der Waals surface area contributed by atoms with E-state index in [1.165, 1.54) is 30.9 Å². The van der Waals surface area contributed by atoms with E-state index >= 15 is 0 Å². The number of amides is 1. The molecule has 0 unspecified atom stereocenters. The first kappa shape index (κ1) is 25.0. The molecule has 0 aliphatic carbocycles. The van der Waals surface area contributed by atoms with Crippen LogP contribution in [0.3, 0.4) is 0 Å². The number of carbonyl (C=O) groups excluding carboxylic acids is 1. The SMILES string of the molecule is CN(C)S(=O)(=O)c1ccc(N2CCCCC2)c(C(=O)NCC2CNC2)c1.Cl.Cl. The molecule has 0 saturated carbocycles. The first-order chi connectivity index (χ1) is 12.4. The van der Waals surface area contributed by atoms with Crippen LogP contribution >= 0.6 is 24.8 Å². The molecule has 0 bridgehead atoms. The van der Waals surface area contributed by atoms with E-state index in [-0.39, 0.29) is 35.6 Å². The summed E-state index contributed by atoms with van der Waals surface area (Å²) in [5, 5.41) is 6.16. The number of nitrogens with one attached hydrogen (secondary N) is 2. The van der Waals surface area contributed by atoms with Gasteiger partial charge in [-0.05, 0) is 37.5 Å². The molecule has 0 atom stereocenters. The lowest BCUT2D eigenvalue weighted by atomic mass is 10.0. The number of sulfonamides is 1. The lowest BCUT2D eigenvalue weighted by molar-refractivity contribution is 0.0942. The first-order valence-corrected chi connectivity index (χ1v) is 10.6. The molecule has 2 N–H and O–H groups in total. The molecule has 2 heterocycles. The Morgan fingerprint density at radius 2 is 1.82 bits per heavy atom. The van der Waals surface area contributed by atoms with Gasteiger partial charge in [0.25, 0.3) is 5.91 Å². The van der Waals surface area contributed by atoms with Gasteiger partial charge in [-0.25, -0.2) is 12.7 Å². The van der Waals surface area contributed by atoms with Gasteiger partial charge >= 0.3 is 0 Å². The number of anilines is 1. The summed E-state index contributed by atoms with van der Waals surface area (Å²) in [6, 6.07) is 4.90. The van der Waals surface area contributed by atoms with Crippen molar-refractivity contribution in [2.45, 2.75) is 24.2 Å². The summed E-state index contributed by atoms with van der Waals surface area (Å²) in [6.07, 6.45) is 3.37. The van der Waals surface area contributed by atoms with Gasteiger partial charge in [-0.3, -0.25) is 4.79 Å². The number of halogens is 2. The predicted molar refractivity (Wildman–Crippen MR) is 117 cm³/mol. The van der Waals surface area contributed by atoms with E-state index in [0.29, 0.717) is 18.0 Å². The van der Waals surface area contributed by atoms with Crippen LogP contribution in [0.1, 0.15) is 29.6 Å². The Hall–Kier alpha value is -1.06. The summed E-state index contributed by atoms with van der Waals surface area (Å²) in [5.74, 6) is 0.249. The molecule has 28 heavy (non-hydrogen) atoms. The number of carbonyl (C=O) groups is 1. The summed E-state index contributed by atoms with van der Waals surface area (Å²) in [4.78, 5) is 15.2. The van der Waals surface area contributed by atoms with Crippen LogP contribution in [0.15, 0.2) is 23.1 Å². The molecule has 1 aromatic rings. The van der Waals surface area contributed by atoms with Gasteiger partial charge in [-0.2, -0.15) is 0 Å². The van der Waals surface area contributed by atoms with E-state index in [2.05, 4.69) is 15.5 Å². The van der Waals surface area contributed by atoms with E-state index in [9.17, 15) is 13.2 Å². The molecule has 1 amide bonds. The highest BCUT2D eigenvalue weighted by Gasteiger charge is 2.25. The Balaban J connectivity index is 0.00000196. The number of hydrogen-bond acceptors (Lipinski definition) is 5. The van der Waals surface area contributed by atoms with Crippen molar-refractivity contribution in [3.8, 4) is 0 Å². The second-order valence-electron chi connectivity index (χ2n) is 7.25. The lowest BCUT2D eigenvalue weighted by Gasteiger charge is -2.31. The van der Waals surface area contributed by atoms with Crippen molar-refractivity contribution in [2.75, 3.05) is 51.7 Å². The molecular formula is C18H30Cl2N4O3S. The van der Waals surface area contributed by atoms with Crippen molar-refractivity contribution in [1.29, 1.82) is 0 Å². The molecule has 2 fully saturated rings. The maximum absolute atomic E-state index is 12.8. The minimum atomic E-state index is -3.58. The lowest BCUT2D eigenvalue weighted by Crippen LogP contribution is -2.48. The molecule has 3 rings (SSSR count). The van der Waals surface area contributed by atoms with Crippen LogP contribution in [0.25, 0.3) is 0 Å². The Morgan fingerprint density at radius 1 is 1.18 bits per heavy atom. The third-order valence-electron chi connectivity index (χ3n) is 5.11. The van der Waals surface area contributed by atoms with E-state index in [1.807, 2.05) is 0 Å². The third-order valence-corrected chi connectivity index (χ3v) is 6.92. The topological polar surface area (TPSA) is 81.8 Å². The number of benzene rings is 1. The molecule has 10 heteroatoms. The zero-order chi connectivity index (χ0) is 18.7. The monoisotopic (exact) mass is 452 g/mol. The van der Waals surface area contributed by atoms with Crippen LogP contribution in [-0.2, 0) is 10.0 Å². The molecular weight excluding hydrogens is 423 g/mol. The van der Waals surface area contributed by atoms with Crippen molar-refractivity contribution >= 4 is 46.4 Å². The zero-order valence-electron chi connectivity index (χ0n) is 16.3. The van der Waals surface area contributed by atoms with Crippen LogP contribution in [-0.4, -0.2) is 65.4 Å². The van der Waals surface area contributed by atoms with Crippen molar-refractivity contribution in [3.63, 3.8) is 0 Å². The number of piperidine rings is 1. The first-order valence-electron chi connectivity index (χ1n) is 9.20. The average Bonchev–Trinajstić information content (AvgIpc) is 2.60. The van der Waals surface area contributed by atoms with Gasteiger partial charge in [0.15, 0.2) is 0 Å². The molecule has 0 radical (unpaired) electrons. The van der Waals surface area contributed by atoms with Crippen LogP contribution in [0.5, 0.6) is 0 Å². The van der Waals surface area contributed by atoms with Crippen LogP contribution in [0.4, 0.5) is 5.69 Å². The van der Waals surface area contributed by atoms with E-state index in [4.69, 9.17) is 0 Å². The Labute approximate surface area is 180 Å². The molecule has 2 aliphatic heterocycles. The minimum Gasteiger partial charge on any atom is -0.371 e. The summed E-state index contributed by atoms with van der Waals surface area (Å²) >= 11 is 0. The molecule has 2 saturated heterocycles. The van der Waals surface area contributed by atoms with Gasteiger partial charge in [0.05, 0.1) is 10.5 Å². The summed E-state index contributed by atoms with van der Waals surface area (Å²) in [7, 11) is -0.586. The maximum Gasteiger partial charge on any atom is 0.253 e. The normalized spacial score (nSPS) is 17.3. The van der Waals surface area contributed by atoms with Gasteiger partial charge in [-0.15, -0.1) is 24.8 Å². The van der Waals surface area contributed by atoms with Gasteiger partial charge in [-0.1, -0.05) is 0 Å². The van der Waals surface area contributed by atoms with Crippen molar-refractivity contribution in [3.05, 3.63) is 23.8 Å². The van der Waals surface area contributed by atoms with E-state index < -0.39 is 10.0 Å². The largest absolute Gasteiger partial charge is 0.371 e. The summed E-state index contributed by atoms with van der Waals surface area (Å²) in [5.41, 5.74) is 1.27. The number of nitrogens with zero attached hydrogens (tertiary/aromatic N) is 2. The highest BCUT2D eigenvalue weighted by Crippen LogP contribution is 2.28. The number of rotatable bonds is 6. The molecule has 1 aromatic carbocycles. The molecule has 0 aromatic heterocycles. The van der Waals surface area contributed by atoms with Gasteiger partial charge in [0.1, 0.15) is 0 Å². The fourth-order valence-electron chi connectivity index (χ4n) is 3.30. The van der Waals surface area contributed by atoms with Crippen molar-refractivity contribution in [1.82, 2.24) is 14.9 Å². The Kier molecular flexibility index (Phi) is 9.49. The van der Waals surface area contributed by atoms with Gasteiger partial charge in [0.2, 0.25) is 10.0 Å². The standard InChI is InChI=1S/C18H28N4O3S.2ClH/c1-21(2)26(24,25)15-6-7-17(22-8-4-3-5-9-22)16(10-15)18(23)20-13-14-11-19-12-14;;/h6-7,10,14,19H,3-5,8-9,11-13H2,1-2H3,(H,20,23);2*1H. The van der Waals surface area contributed by atoms with Crippen LogP contribution in [0, 0.1) is 5.92 Å². The van der Waals surface area contributed by atoms with Crippen LogP contribution in [0.2, 0.25) is 0 Å². The second kappa shape index (κ2) is 10.6. The predicted octanol–water partition coefficient (Wildman–Crippen LogP) is 1.72. The highest BCUT2D eigenvalue weighted by atomic mass is 35.5. The third kappa shape index (κ3) is 5.51. The molecule has 160 valence electrons. The maximum atomic E-state index is 12.8. The summed E-state index contributed by atoms with van der Waals surface area (Å²) in [6.45, 7) is 4.22. The average molecular weight is 453 g/mol.